The van der Waals surface area contributed by atoms with Crippen molar-refractivity contribution in [2.75, 3.05) is 6.61 Å². The van der Waals surface area contributed by atoms with E-state index in [9.17, 15) is 9.59 Å². The average molecular weight is 276 g/mol. The number of aryl methyl sites for hydroxylation is 2. The van der Waals surface area contributed by atoms with Crippen molar-refractivity contribution in [3.8, 4) is 0 Å². The Bertz CT molecular complexity index is 463. The van der Waals surface area contributed by atoms with Crippen molar-refractivity contribution in [1.82, 2.24) is 0 Å². The minimum Gasteiger partial charge on any atom is -0.466 e. The van der Waals surface area contributed by atoms with Gasteiger partial charge in [0.15, 0.2) is 5.78 Å². The van der Waals surface area contributed by atoms with Crippen LogP contribution >= 0.6 is 0 Å². The molecule has 0 unspecified atom stereocenters. The maximum absolute atomic E-state index is 12.1. The number of benzene rings is 1. The molecule has 0 aliphatic heterocycles. The first-order chi connectivity index (χ1) is 9.54. The standard InChI is InChI=1S/C17H24O3/c1-4-20-17(19)9-7-5-6-8-16(18)15-12-13(2)10-11-14(15)3/h10-12H,4-9H2,1-3H3. The molecular weight excluding hydrogens is 252 g/mol. The maximum Gasteiger partial charge on any atom is 0.305 e. The average Bonchev–Trinajstić information content (AvgIpc) is 2.41. The molecule has 0 N–H and O–H groups in total. The maximum atomic E-state index is 12.1. The highest BCUT2D eigenvalue weighted by molar-refractivity contribution is 5.97. The summed E-state index contributed by atoms with van der Waals surface area (Å²) in [6.07, 6.45) is 3.50. The zero-order chi connectivity index (χ0) is 15.0. The predicted molar refractivity (Wildman–Crippen MR) is 80.0 cm³/mol. The summed E-state index contributed by atoms with van der Waals surface area (Å²) in [7, 11) is 0. The topological polar surface area (TPSA) is 43.4 Å². The number of ketones is 1. The number of carbonyl (C=O) groups is 2. The molecule has 0 saturated carbocycles. The largest absolute Gasteiger partial charge is 0.466 e. The van der Waals surface area contributed by atoms with Gasteiger partial charge in [0.2, 0.25) is 0 Å². The lowest BCUT2D eigenvalue weighted by Gasteiger charge is -2.06. The van der Waals surface area contributed by atoms with Crippen LogP contribution in [0.3, 0.4) is 0 Å². The number of hydrogen-bond donors (Lipinski definition) is 0. The fraction of sp³-hybridized carbons (Fsp3) is 0.529. The van der Waals surface area contributed by atoms with Crippen molar-refractivity contribution in [3.63, 3.8) is 0 Å². The van der Waals surface area contributed by atoms with Crippen LogP contribution in [0.5, 0.6) is 0 Å². The number of ether oxygens (including phenoxy) is 1. The van der Waals surface area contributed by atoms with E-state index in [1.54, 1.807) is 6.92 Å². The Morgan fingerprint density at radius 3 is 2.45 bits per heavy atom. The fourth-order valence-corrected chi connectivity index (χ4v) is 2.14. The zero-order valence-corrected chi connectivity index (χ0v) is 12.7. The summed E-state index contributed by atoms with van der Waals surface area (Å²) < 4.78 is 4.86. The Kier molecular flexibility index (Phi) is 6.99. The summed E-state index contributed by atoms with van der Waals surface area (Å²) in [4.78, 5) is 23.3. The summed E-state index contributed by atoms with van der Waals surface area (Å²) in [5.41, 5.74) is 2.98. The molecule has 0 heterocycles. The summed E-state index contributed by atoms with van der Waals surface area (Å²) >= 11 is 0. The molecule has 0 aliphatic carbocycles. The van der Waals surface area contributed by atoms with E-state index in [0.717, 1.165) is 36.0 Å². The van der Waals surface area contributed by atoms with E-state index < -0.39 is 0 Å². The molecule has 0 aliphatic rings. The predicted octanol–water partition coefficient (Wildman–Crippen LogP) is 4.00. The lowest BCUT2D eigenvalue weighted by Crippen LogP contribution is -2.04. The second-order valence-electron chi connectivity index (χ2n) is 5.11. The summed E-state index contributed by atoms with van der Waals surface area (Å²) in [6, 6.07) is 5.96. The van der Waals surface area contributed by atoms with Gasteiger partial charge in [-0.25, -0.2) is 0 Å². The molecule has 0 aromatic heterocycles. The van der Waals surface area contributed by atoms with E-state index >= 15 is 0 Å². The van der Waals surface area contributed by atoms with Gasteiger partial charge in [-0.15, -0.1) is 0 Å². The van der Waals surface area contributed by atoms with Gasteiger partial charge in [-0.3, -0.25) is 9.59 Å². The number of hydrogen-bond acceptors (Lipinski definition) is 3. The van der Waals surface area contributed by atoms with Crippen LogP contribution in [0, 0.1) is 13.8 Å². The number of esters is 1. The van der Waals surface area contributed by atoms with Crippen LogP contribution in [0.25, 0.3) is 0 Å². The van der Waals surface area contributed by atoms with Crippen LogP contribution in [0.15, 0.2) is 18.2 Å². The highest BCUT2D eigenvalue weighted by atomic mass is 16.5. The fourth-order valence-electron chi connectivity index (χ4n) is 2.14. The van der Waals surface area contributed by atoms with Crippen molar-refractivity contribution in [2.45, 2.75) is 52.9 Å². The minimum absolute atomic E-state index is 0.145. The molecular formula is C17H24O3. The van der Waals surface area contributed by atoms with E-state index in [-0.39, 0.29) is 11.8 Å². The van der Waals surface area contributed by atoms with E-state index in [1.807, 2.05) is 32.0 Å². The van der Waals surface area contributed by atoms with Gasteiger partial charge in [0.1, 0.15) is 0 Å². The van der Waals surface area contributed by atoms with E-state index in [1.165, 1.54) is 0 Å². The molecule has 0 fully saturated rings. The van der Waals surface area contributed by atoms with Crippen molar-refractivity contribution < 1.29 is 14.3 Å². The number of Topliss-reactive ketones (excluding diaryl/α,β-unsaturated/α-hetero) is 1. The van der Waals surface area contributed by atoms with Crippen molar-refractivity contribution in [2.24, 2.45) is 0 Å². The van der Waals surface area contributed by atoms with Gasteiger partial charge in [0.05, 0.1) is 6.61 Å². The molecule has 3 heteroatoms. The summed E-state index contributed by atoms with van der Waals surface area (Å²) in [5.74, 6) is 0.0516. The first-order valence-electron chi connectivity index (χ1n) is 7.30. The van der Waals surface area contributed by atoms with Crippen LogP contribution in [-0.4, -0.2) is 18.4 Å². The molecule has 3 nitrogen and oxygen atoms in total. The van der Waals surface area contributed by atoms with Crippen molar-refractivity contribution in [1.29, 1.82) is 0 Å². The molecule has 0 bridgehead atoms. The van der Waals surface area contributed by atoms with Gasteiger partial charge in [0.25, 0.3) is 0 Å². The lowest BCUT2D eigenvalue weighted by molar-refractivity contribution is -0.143. The monoisotopic (exact) mass is 276 g/mol. The first-order valence-corrected chi connectivity index (χ1v) is 7.30. The first kappa shape index (κ1) is 16.4. The van der Waals surface area contributed by atoms with E-state index in [2.05, 4.69) is 0 Å². The van der Waals surface area contributed by atoms with E-state index in [4.69, 9.17) is 4.74 Å². The third-order valence-corrected chi connectivity index (χ3v) is 3.28. The van der Waals surface area contributed by atoms with Crippen LogP contribution in [0.4, 0.5) is 0 Å². The quantitative estimate of drug-likeness (QED) is 0.409. The third kappa shape index (κ3) is 5.55. The SMILES string of the molecule is CCOC(=O)CCCCCC(=O)c1cc(C)ccc1C. The van der Waals surface area contributed by atoms with Crippen LogP contribution in [-0.2, 0) is 9.53 Å². The van der Waals surface area contributed by atoms with Gasteiger partial charge < -0.3 is 4.74 Å². The van der Waals surface area contributed by atoms with Crippen molar-refractivity contribution >= 4 is 11.8 Å². The Morgan fingerprint density at radius 1 is 1.05 bits per heavy atom. The lowest BCUT2D eigenvalue weighted by atomic mass is 9.98. The highest BCUT2D eigenvalue weighted by Gasteiger charge is 2.09. The smallest absolute Gasteiger partial charge is 0.305 e. The Balaban J connectivity index is 2.30. The second-order valence-corrected chi connectivity index (χ2v) is 5.11. The molecule has 1 aromatic rings. The number of unbranched alkanes of at least 4 members (excludes halogenated alkanes) is 2. The van der Waals surface area contributed by atoms with Gasteiger partial charge >= 0.3 is 5.97 Å². The van der Waals surface area contributed by atoms with Crippen LogP contribution in [0.1, 0.15) is 60.5 Å². The summed E-state index contributed by atoms with van der Waals surface area (Å²) in [5, 5.41) is 0. The molecule has 1 rings (SSSR count). The molecule has 0 atom stereocenters. The number of rotatable bonds is 8. The molecule has 0 spiro atoms. The number of carbonyl (C=O) groups excluding carboxylic acids is 2. The van der Waals surface area contributed by atoms with Crippen LogP contribution < -0.4 is 0 Å². The molecule has 110 valence electrons. The molecule has 0 radical (unpaired) electrons. The van der Waals surface area contributed by atoms with Gasteiger partial charge in [0, 0.05) is 18.4 Å². The normalized spacial score (nSPS) is 10.3. The summed E-state index contributed by atoms with van der Waals surface area (Å²) in [6.45, 7) is 6.20. The van der Waals surface area contributed by atoms with Gasteiger partial charge in [-0.05, 0) is 45.2 Å². The molecule has 1 aromatic carbocycles. The molecule has 0 amide bonds. The second kappa shape index (κ2) is 8.51. The Labute approximate surface area is 121 Å². The highest BCUT2D eigenvalue weighted by Crippen LogP contribution is 2.15. The minimum atomic E-state index is -0.145. The molecule has 0 saturated heterocycles. The Morgan fingerprint density at radius 2 is 1.75 bits per heavy atom. The molecule has 20 heavy (non-hydrogen) atoms. The van der Waals surface area contributed by atoms with E-state index in [0.29, 0.717) is 19.4 Å². The van der Waals surface area contributed by atoms with Gasteiger partial charge in [-0.1, -0.05) is 24.1 Å². The van der Waals surface area contributed by atoms with Crippen LogP contribution in [0.2, 0.25) is 0 Å². The Hall–Kier alpha value is -1.64. The van der Waals surface area contributed by atoms with Gasteiger partial charge in [-0.2, -0.15) is 0 Å². The zero-order valence-electron chi connectivity index (χ0n) is 12.7. The van der Waals surface area contributed by atoms with Crippen molar-refractivity contribution in [3.05, 3.63) is 34.9 Å². The third-order valence-electron chi connectivity index (χ3n) is 3.28.